The standard InChI is InChI=1S/C22H20N4O6S2/c1-13-7-14(2)9-17(8-13)25-12-15(10-19(25)27)21(28)24-22-23-11-20(33-22)34(31,32)18-5-3-16(4-6-18)26(29)30/h3-9,11,15H,10,12H2,1-2H3,(H,23,24,28). The zero-order valence-electron chi connectivity index (χ0n) is 18.2. The van der Waals surface area contributed by atoms with E-state index in [4.69, 9.17) is 0 Å². The number of nitrogens with one attached hydrogen (secondary N) is 1. The zero-order chi connectivity index (χ0) is 24.6. The average Bonchev–Trinajstić information content (AvgIpc) is 3.40. The molecule has 3 aromatic rings. The third-order valence-corrected chi connectivity index (χ3v) is 8.49. The molecule has 1 fully saturated rings. The first kappa shape index (κ1) is 23.5. The minimum absolute atomic E-state index is 0.0398. The van der Waals surface area contributed by atoms with Gasteiger partial charge in [0.25, 0.3) is 5.69 Å². The Hall–Kier alpha value is -3.64. The molecule has 1 atom stereocenters. The molecule has 1 unspecified atom stereocenters. The van der Waals surface area contributed by atoms with E-state index in [1.165, 1.54) is 0 Å². The molecular formula is C22H20N4O6S2. The third kappa shape index (κ3) is 4.68. The summed E-state index contributed by atoms with van der Waals surface area (Å²) in [7, 11) is -3.96. The molecule has 1 aliphatic rings. The smallest absolute Gasteiger partial charge is 0.269 e. The fourth-order valence-electron chi connectivity index (χ4n) is 3.75. The Labute approximate surface area is 199 Å². The van der Waals surface area contributed by atoms with Crippen molar-refractivity contribution in [2.24, 2.45) is 5.92 Å². The van der Waals surface area contributed by atoms with Gasteiger partial charge in [0.2, 0.25) is 21.7 Å². The first-order valence-electron chi connectivity index (χ1n) is 10.2. The average molecular weight is 501 g/mol. The summed E-state index contributed by atoms with van der Waals surface area (Å²) in [6, 6.07) is 10.3. The number of carbonyl (C=O) groups excluding carboxylic acids is 2. The molecule has 10 nitrogen and oxygen atoms in total. The Morgan fingerprint density at radius 1 is 1.18 bits per heavy atom. The van der Waals surface area contributed by atoms with Crippen LogP contribution in [0.25, 0.3) is 0 Å². The lowest BCUT2D eigenvalue weighted by molar-refractivity contribution is -0.384. The van der Waals surface area contributed by atoms with Crippen molar-refractivity contribution < 1.29 is 22.9 Å². The Kier molecular flexibility index (Phi) is 6.19. The predicted molar refractivity (Wildman–Crippen MR) is 126 cm³/mol. The number of amides is 2. The molecule has 176 valence electrons. The van der Waals surface area contributed by atoms with E-state index >= 15 is 0 Å². The lowest BCUT2D eigenvalue weighted by Gasteiger charge is -2.18. The van der Waals surface area contributed by atoms with Crippen LogP contribution in [0.3, 0.4) is 0 Å². The van der Waals surface area contributed by atoms with E-state index in [1.54, 1.807) is 4.90 Å². The number of hydrogen-bond donors (Lipinski definition) is 1. The summed E-state index contributed by atoms with van der Waals surface area (Å²) in [4.78, 5) is 40.9. The van der Waals surface area contributed by atoms with E-state index in [1.807, 2.05) is 32.0 Å². The number of non-ortho nitro benzene ring substituents is 1. The zero-order valence-corrected chi connectivity index (χ0v) is 19.9. The van der Waals surface area contributed by atoms with Crippen molar-refractivity contribution in [3.63, 3.8) is 0 Å². The number of aryl methyl sites for hydroxylation is 2. The van der Waals surface area contributed by atoms with Gasteiger partial charge in [-0.25, -0.2) is 13.4 Å². The second kappa shape index (κ2) is 8.95. The maximum Gasteiger partial charge on any atom is 0.269 e. The Balaban J connectivity index is 1.46. The van der Waals surface area contributed by atoms with Gasteiger partial charge in [-0.2, -0.15) is 0 Å². The highest BCUT2D eigenvalue weighted by molar-refractivity contribution is 7.93. The molecule has 0 aliphatic carbocycles. The summed E-state index contributed by atoms with van der Waals surface area (Å²) in [6.45, 7) is 4.09. The van der Waals surface area contributed by atoms with Gasteiger partial charge >= 0.3 is 0 Å². The van der Waals surface area contributed by atoms with Gasteiger partial charge in [-0.15, -0.1) is 0 Å². The van der Waals surface area contributed by atoms with Gasteiger partial charge in [0.05, 0.1) is 21.9 Å². The molecular weight excluding hydrogens is 480 g/mol. The molecule has 0 radical (unpaired) electrons. The van der Waals surface area contributed by atoms with E-state index in [9.17, 15) is 28.1 Å². The van der Waals surface area contributed by atoms with E-state index in [0.29, 0.717) is 0 Å². The summed E-state index contributed by atoms with van der Waals surface area (Å²) < 4.78 is 25.5. The van der Waals surface area contributed by atoms with E-state index < -0.39 is 26.6 Å². The fourth-order valence-corrected chi connectivity index (χ4v) is 6.19. The van der Waals surface area contributed by atoms with Gasteiger partial charge in [0.15, 0.2) is 5.13 Å². The number of thiazole rings is 1. The Morgan fingerprint density at radius 2 is 1.82 bits per heavy atom. The number of sulfone groups is 1. The molecule has 1 N–H and O–H groups in total. The topological polar surface area (TPSA) is 140 Å². The van der Waals surface area contributed by atoms with Crippen molar-refractivity contribution in [1.82, 2.24) is 4.98 Å². The van der Waals surface area contributed by atoms with Gasteiger partial charge in [-0.1, -0.05) is 17.4 Å². The molecule has 2 amide bonds. The Morgan fingerprint density at radius 3 is 2.44 bits per heavy atom. The molecule has 4 rings (SSSR count). The molecule has 0 spiro atoms. The maximum absolute atomic E-state index is 12.8. The molecule has 2 aromatic carbocycles. The lowest BCUT2D eigenvalue weighted by atomic mass is 10.1. The van der Waals surface area contributed by atoms with E-state index in [0.717, 1.165) is 58.6 Å². The molecule has 34 heavy (non-hydrogen) atoms. The van der Waals surface area contributed by atoms with Crippen molar-refractivity contribution >= 4 is 49.5 Å². The molecule has 0 saturated carbocycles. The number of benzene rings is 2. The van der Waals surface area contributed by atoms with E-state index in [-0.39, 0.29) is 38.8 Å². The van der Waals surface area contributed by atoms with Crippen LogP contribution in [0.2, 0.25) is 0 Å². The number of anilines is 2. The maximum atomic E-state index is 12.8. The number of nitrogens with zero attached hydrogens (tertiary/aromatic N) is 3. The van der Waals surface area contributed by atoms with Crippen molar-refractivity contribution in [1.29, 1.82) is 0 Å². The molecule has 1 aromatic heterocycles. The molecule has 0 bridgehead atoms. The number of hydrogen-bond acceptors (Lipinski definition) is 8. The molecule has 1 aliphatic heterocycles. The quantitative estimate of drug-likeness (QED) is 0.404. The highest BCUT2D eigenvalue weighted by Gasteiger charge is 2.35. The highest BCUT2D eigenvalue weighted by Crippen LogP contribution is 2.31. The summed E-state index contributed by atoms with van der Waals surface area (Å²) in [5.41, 5.74) is 2.54. The van der Waals surface area contributed by atoms with Crippen LogP contribution >= 0.6 is 11.3 Å². The summed E-state index contributed by atoms with van der Waals surface area (Å²) in [5.74, 6) is -1.19. The van der Waals surface area contributed by atoms with Crippen molar-refractivity contribution in [3.05, 3.63) is 69.9 Å². The highest BCUT2D eigenvalue weighted by atomic mass is 32.2. The van der Waals surface area contributed by atoms with Crippen LogP contribution in [-0.4, -0.2) is 36.7 Å². The molecule has 1 saturated heterocycles. The summed E-state index contributed by atoms with van der Waals surface area (Å²) >= 11 is 0.771. The van der Waals surface area contributed by atoms with Crippen LogP contribution in [0, 0.1) is 29.9 Å². The number of rotatable bonds is 6. The van der Waals surface area contributed by atoms with Crippen LogP contribution in [-0.2, 0) is 19.4 Å². The van der Waals surface area contributed by atoms with Gasteiger partial charge < -0.3 is 10.2 Å². The molecule has 2 heterocycles. The second-order valence-corrected chi connectivity index (χ2v) is 11.2. The van der Waals surface area contributed by atoms with Crippen LogP contribution in [0.15, 0.2) is 57.8 Å². The monoisotopic (exact) mass is 500 g/mol. The van der Waals surface area contributed by atoms with Gasteiger partial charge in [-0.3, -0.25) is 19.7 Å². The van der Waals surface area contributed by atoms with Crippen molar-refractivity contribution in [2.45, 2.75) is 29.4 Å². The van der Waals surface area contributed by atoms with Gasteiger partial charge in [-0.05, 0) is 49.2 Å². The largest absolute Gasteiger partial charge is 0.312 e. The number of carbonyl (C=O) groups is 2. The van der Waals surface area contributed by atoms with Crippen LogP contribution in [0.1, 0.15) is 17.5 Å². The van der Waals surface area contributed by atoms with Crippen LogP contribution in [0.4, 0.5) is 16.5 Å². The second-order valence-electron chi connectivity index (χ2n) is 7.98. The minimum atomic E-state index is -3.96. The van der Waals surface area contributed by atoms with Crippen LogP contribution in [0.5, 0.6) is 0 Å². The van der Waals surface area contributed by atoms with Gasteiger partial charge in [0, 0.05) is 30.8 Å². The number of aromatic nitrogens is 1. The van der Waals surface area contributed by atoms with Crippen molar-refractivity contribution in [3.8, 4) is 0 Å². The summed E-state index contributed by atoms with van der Waals surface area (Å²) in [6.07, 6.45) is 1.16. The normalized spacial score (nSPS) is 16.0. The van der Waals surface area contributed by atoms with Crippen molar-refractivity contribution in [2.75, 3.05) is 16.8 Å². The van der Waals surface area contributed by atoms with Gasteiger partial charge in [0.1, 0.15) is 4.21 Å². The fraction of sp³-hybridized carbons (Fsp3) is 0.227. The van der Waals surface area contributed by atoms with Crippen LogP contribution < -0.4 is 10.2 Å². The minimum Gasteiger partial charge on any atom is -0.312 e. The number of nitro benzene ring substituents is 1. The first-order chi connectivity index (χ1) is 16.0. The lowest BCUT2D eigenvalue weighted by Crippen LogP contribution is -2.28. The SMILES string of the molecule is Cc1cc(C)cc(N2CC(C(=O)Nc3ncc(S(=O)(=O)c4ccc([N+](=O)[O-])cc4)s3)CC2=O)c1. The molecule has 12 heteroatoms. The van der Waals surface area contributed by atoms with E-state index in [2.05, 4.69) is 10.3 Å². The first-order valence-corrected chi connectivity index (χ1v) is 12.5. The third-order valence-electron chi connectivity index (χ3n) is 5.35. The Bertz CT molecular complexity index is 1380. The summed E-state index contributed by atoms with van der Waals surface area (Å²) in [5, 5.41) is 13.5. The number of nitro groups is 1. The predicted octanol–water partition coefficient (Wildman–Crippen LogP) is 3.49.